The van der Waals surface area contributed by atoms with Crippen molar-refractivity contribution in [2.24, 2.45) is 5.92 Å². The molecule has 1 aromatic heterocycles. The Hall–Kier alpha value is -1.36. The third kappa shape index (κ3) is 3.35. The van der Waals surface area contributed by atoms with E-state index in [1.165, 1.54) is 4.88 Å². The van der Waals surface area contributed by atoms with Crippen LogP contribution in [0.4, 0.5) is 0 Å². The normalized spacial score (nSPS) is 21.1. The molecule has 0 aromatic carbocycles. The summed E-state index contributed by atoms with van der Waals surface area (Å²) < 4.78 is 0. The van der Waals surface area contributed by atoms with Gasteiger partial charge in [-0.3, -0.25) is 4.79 Å². The number of carboxylic acids is 1. The van der Waals surface area contributed by atoms with Crippen LogP contribution in [0.3, 0.4) is 0 Å². The molecule has 0 spiro atoms. The lowest BCUT2D eigenvalue weighted by Crippen LogP contribution is -2.50. The summed E-state index contributed by atoms with van der Waals surface area (Å²) in [5.41, 5.74) is 0. The van der Waals surface area contributed by atoms with Crippen LogP contribution in [-0.2, 0) is 16.0 Å². The Morgan fingerprint density at radius 2 is 2.32 bits per heavy atom. The van der Waals surface area contributed by atoms with Gasteiger partial charge in [0.05, 0.1) is 0 Å². The van der Waals surface area contributed by atoms with Gasteiger partial charge in [-0.25, -0.2) is 4.79 Å². The first-order valence-corrected chi connectivity index (χ1v) is 7.53. The van der Waals surface area contributed by atoms with Gasteiger partial charge in [-0.2, -0.15) is 0 Å². The van der Waals surface area contributed by atoms with E-state index < -0.39 is 12.0 Å². The molecule has 2 heterocycles. The zero-order valence-electron chi connectivity index (χ0n) is 11.0. The second kappa shape index (κ2) is 6.19. The van der Waals surface area contributed by atoms with E-state index in [0.717, 1.165) is 12.8 Å². The molecule has 0 unspecified atom stereocenters. The van der Waals surface area contributed by atoms with Gasteiger partial charge >= 0.3 is 5.97 Å². The van der Waals surface area contributed by atoms with Crippen LogP contribution in [-0.4, -0.2) is 34.5 Å². The summed E-state index contributed by atoms with van der Waals surface area (Å²) in [5, 5.41) is 11.2. The number of amides is 1. The van der Waals surface area contributed by atoms with Crippen LogP contribution in [0, 0.1) is 5.92 Å². The minimum atomic E-state index is -0.878. The average molecular weight is 281 g/mol. The Kier molecular flexibility index (Phi) is 4.58. The highest BCUT2D eigenvalue weighted by atomic mass is 32.1. The first-order chi connectivity index (χ1) is 9.09. The predicted molar refractivity (Wildman–Crippen MR) is 74.2 cm³/mol. The first-order valence-electron chi connectivity index (χ1n) is 6.65. The Labute approximate surface area is 117 Å². The molecule has 1 amide bonds. The number of rotatable bonds is 4. The lowest BCUT2D eigenvalue weighted by Gasteiger charge is -2.34. The molecule has 0 bridgehead atoms. The van der Waals surface area contributed by atoms with Crippen LogP contribution in [0.2, 0.25) is 0 Å². The van der Waals surface area contributed by atoms with Gasteiger partial charge in [-0.1, -0.05) is 13.0 Å². The number of carboxylic acid groups (broad SMARTS) is 1. The molecule has 2 rings (SSSR count). The number of thiophene rings is 1. The van der Waals surface area contributed by atoms with E-state index in [4.69, 9.17) is 0 Å². The van der Waals surface area contributed by atoms with Gasteiger partial charge in [0.15, 0.2) is 0 Å². The molecule has 1 aromatic rings. The third-order valence-electron chi connectivity index (χ3n) is 3.58. The van der Waals surface area contributed by atoms with E-state index in [1.54, 1.807) is 16.2 Å². The average Bonchev–Trinajstić information content (AvgIpc) is 2.90. The third-order valence-corrected chi connectivity index (χ3v) is 4.48. The van der Waals surface area contributed by atoms with Crippen molar-refractivity contribution in [3.8, 4) is 0 Å². The quantitative estimate of drug-likeness (QED) is 0.922. The summed E-state index contributed by atoms with van der Waals surface area (Å²) in [5.74, 6) is -1.06. The van der Waals surface area contributed by atoms with Crippen molar-refractivity contribution in [1.82, 2.24) is 4.90 Å². The summed E-state index contributed by atoms with van der Waals surface area (Å²) in [6, 6.07) is 3.35. The number of hydrogen-bond donors (Lipinski definition) is 1. The Bertz CT molecular complexity index is 444. The van der Waals surface area contributed by atoms with E-state index in [0.29, 0.717) is 19.4 Å². The highest BCUT2D eigenvalue weighted by Crippen LogP contribution is 2.22. The second-order valence-electron chi connectivity index (χ2n) is 5.07. The van der Waals surface area contributed by atoms with Gasteiger partial charge in [0, 0.05) is 17.3 Å². The van der Waals surface area contributed by atoms with Crippen molar-refractivity contribution in [2.75, 3.05) is 6.54 Å². The monoisotopic (exact) mass is 281 g/mol. The molecule has 1 N–H and O–H groups in total. The van der Waals surface area contributed by atoms with Crippen molar-refractivity contribution in [1.29, 1.82) is 0 Å². The van der Waals surface area contributed by atoms with Crippen molar-refractivity contribution >= 4 is 23.2 Å². The molecule has 0 saturated carbocycles. The fourth-order valence-corrected chi connectivity index (χ4v) is 3.39. The molecule has 1 aliphatic heterocycles. The Morgan fingerprint density at radius 3 is 2.95 bits per heavy atom. The van der Waals surface area contributed by atoms with Gasteiger partial charge in [0.1, 0.15) is 6.04 Å². The topological polar surface area (TPSA) is 57.6 Å². The number of likely N-dealkylation sites (tertiary alicyclic amines) is 1. The largest absolute Gasteiger partial charge is 0.480 e. The lowest BCUT2D eigenvalue weighted by molar-refractivity contribution is -0.153. The molecule has 1 fully saturated rings. The summed E-state index contributed by atoms with van der Waals surface area (Å²) in [6.45, 7) is 2.46. The molecular weight excluding hydrogens is 262 g/mol. The second-order valence-corrected chi connectivity index (χ2v) is 6.10. The number of aliphatic carboxylic acids is 1. The van der Waals surface area contributed by atoms with E-state index in [-0.39, 0.29) is 11.8 Å². The summed E-state index contributed by atoms with van der Waals surface area (Å²) >= 11 is 1.64. The number of nitrogens with zero attached hydrogens (tertiary/aromatic N) is 1. The van der Waals surface area contributed by atoms with E-state index in [9.17, 15) is 14.7 Å². The van der Waals surface area contributed by atoms with Gasteiger partial charge < -0.3 is 10.0 Å². The Balaban J connectivity index is 2.02. The van der Waals surface area contributed by atoms with Gasteiger partial charge in [0.25, 0.3) is 0 Å². The standard InChI is InChI=1S/C14H19NO3S/c1-10(9-11-5-4-8-19-11)13(16)15-7-3-2-6-12(15)14(17)18/h4-5,8,10,12H,2-3,6-7,9H2,1H3,(H,17,18)/t10-,12-/m1/s1. The molecule has 5 heteroatoms. The highest BCUT2D eigenvalue weighted by molar-refractivity contribution is 7.09. The number of carbonyl (C=O) groups is 2. The minimum Gasteiger partial charge on any atom is -0.480 e. The van der Waals surface area contributed by atoms with Crippen molar-refractivity contribution in [2.45, 2.75) is 38.6 Å². The molecule has 104 valence electrons. The van der Waals surface area contributed by atoms with Crippen molar-refractivity contribution in [3.63, 3.8) is 0 Å². The molecule has 2 atom stereocenters. The van der Waals surface area contributed by atoms with Gasteiger partial charge in [0.2, 0.25) is 5.91 Å². The van der Waals surface area contributed by atoms with Gasteiger partial charge in [-0.15, -0.1) is 11.3 Å². The van der Waals surface area contributed by atoms with E-state index in [2.05, 4.69) is 0 Å². The predicted octanol–water partition coefficient (Wildman–Crippen LogP) is 2.39. The Morgan fingerprint density at radius 1 is 1.53 bits per heavy atom. The van der Waals surface area contributed by atoms with Crippen LogP contribution < -0.4 is 0 Å². The molecular formula is C14H19NO3S. The van der Waals surface area contributed by atoms with Crippen LogP contribution in [0.15, 0.2) is 17.5 Å². The number of piperidine rings is 1. The summed E-state index contributed by atoms with van der Waals surface area (Å²) in [4.78, 5) is 26.4. The van der Waals surface area contributed by atoms with Gasteiger partial charge in [-0.05, 0) is 37.1 Å². The molecule has 4 nitrogen and oxygen atoms in total. The summed E-state index contributed by atoms with van der Waals surface area (Å²) in [7, 11) is 0. The number of carbonyl (C=O) groups excluding carboxylic acids is 1. The fourth-order valence-electron chi connectivity index (χ4n) is 2.55. The number of hydrogen-bond acceptors (Lipinski definition) is 3. The van der Waals surface area contributed by atoms with Crippen LogP contribution in [0.1, 0.15) is 31.1 Å². The lowest BCUT2D eigenvalue weighted by atomic mass is 9.98. The van der Waals surface area contributed by atoms with Crippen molar-refractivity contribution < 1.29 is 14.7 Å². The zero-order valence-corrected chi connectivity index (χ0v) is 11.9. The summed E-state index contributed by atoms with van der Waals surface area (Å²) in [6.07, 6.45) is 3.06. The van der Waals surface area contributed by atoms with Crippen LogP contribution in [0.5, 0.6) is 0 Å². The maximum atomic E-state index is 12.4. The minimum absolute atomic E-state index is 0.0273. The van der Waals surface area contributed by atoms with E-state index in [1.807, 2.05) is 24.4 Å². The molecule has 1 saturated heterocycles. The molecule has 19 heavy (non-hydrogen) atoms. The molecule has 1 aliphatic rings. The van der Waals surface area contributed by atoms with Crippen LogP contribution >= 0.6 is 11.3 Å². The first kappa shape index (κ1) is 14.1. The zero-order chi connectivity index (χ0) is 13.8. The van der Waals surface area contributed by atoms with Crippen molar-refractivity contribution in [3.05, 3.63) is 22.4 Å². The molecule has 0 aliphatic carbocycles. The highest BCUT2D eigenvalue weighted by Gasteiger charge is 2.33. The van der Waals surface area contributed by atoms with Crippen LogP contribution in [0.25, 0.3) is 0 Å². The maximum Gasteiger partial charge on any atom is 0.326 e. The van der Waals surface area contributed by atoms with E-state index >= 15 is 0 Å². The fraction of sp³-hybridized carbons (Fsp3) is 0.571. The maximum absolute atomic E-state index is 12.4. The SMILES string of the molecule is C[C@H](Cc1cccs1)C(=O)N1CCCC[C@@H]1C(=O)O. The smallest absolute Gasteiger partial charge is 0.326 e. The molecule has 0 radical (unpaired) electrons.